The summed E-state index contributed by atoms with van der Waals surface area (Å²) in [5.41, 5.74) is 0.933. The second kappa shape index (κ2) is 7.86. The Labute approximate surface area is 178 Å². The van der Waals surface area contributed by atoms with E-state index in [1.54, 1.807) is 33.4 Å². The second-order valence-electron chi connectivity index (χ2n) is 6.90. The third-order valence-corrected chi connectivity index (χ3v) is 7.89. The molecule has 0 radical (unpaired) electrons. The molecular formula is C20H21N3O5S2. The fraction of sp³-hybridized carbons (Fsp3) is 0.300. The van der Waals surface area contributed by atoms with Crippen LogP contribution in [-0.2, 0) is 10.0 Å². The van der Waals surface area contributed by atoms with Gasteiger partial charge in [0.05, 0.1) is 19.1 Å². The lowest BCUT2D eigenvalue weighted by Crippen LogP contribution is -2.29. The largest absolute Gasteiger partial charge is 0.495 e. The minimum atomic E-state index is -3.55. The van der Waals surface area contributed by atoms with E-state index in [4.69, 9.17) is 9.47 Å². The van der Waals surface area contributed by atoms with E-state index < -0.39 is 10.0 Å². The Hall–Kier alpha value is -2.69. The molecule has 8 nitrogen and oxygen atoms in total. The van der Waals surface area contributed by atoms with E-state index in [1.807, 2.05) is 0 Å². The first kappa shape index (κ1) is 20.6. The molecule has 3 aromatic rings. The molecule has 0 saturated heterocycles. The number of nitrogens with zero attached hydrogens (tertiary/aromatic N) is 2. The minimum absolute atomic E-state index is 0.0750. The van der Waals surface area contributed by atoms with Crippen molar-refractivity contribution in [1.82, 2.24) is 9.29 Å². The van der Waals surface area contributed by atoms with E-state index in [0.717, 1.165) is 17.5 Å². The predicted octanol–water partition coefficient (Wildman–Crippen LogP) is 3.35. The molecule has 1 amide bonds. The molecule has 1 aliphatic rings. The Kier molecular flexibility index (Phi) is 5.39. The summed E-state index contributed by atoms with van der Waals surface area (Å²) in [5, 5.41) is 3.15. The van der Waals surface area contributed by atoms with Crippen LogP contribution in [0.25, 0.3) is 10.2 Å². The van der Waals surface area contributed by atoms with Gasteiger partial charge < -0.3 is 9.47 Å². The van der Waals surface area contributed by atoms with Crippen molar-refractivity contribution in [2.75, 3.05) is 26.6 Å². The summed E-state index contributed by atoms with van der Waals surface area (Å²) >= 11 is 1.27. The standard InChI is InChI=1S/C20H21N3O5S2/c1-23(13-6-7-13)30(25,26)14-8-4-12(5-9-14)19(24)22-20-21-17-15(27-2)10-11-16(28-3)18(17)29-20/h4-5,8-11,13H,6-7H2,1-3H3,(H,21,22,24). The van der Waals surface area contributed by atoms with Gasteiger partial charge in [0.2, 0.25) is 10.0 Å². The third-order valence-electron chi connectivity index (χ3n) is 4.99. The fourth-order valence-electron chi connectivity index (χ4n) is 3.09. The number of benzene rings is 2. The van der Waals surface area contributed by atoms with Gasteiger partial charge in [-0.2, -0.15) is 4.31 Å². The SMILES string of the molecule is COc1ccc(OC)c2sc(NC(=O)c3ccc(S(=O)(=O)N(C)C4CC4)cc3)nc12. The van der Waals surface area contributed by atoms with Crippen molar-refractivity contribution in [3.63, 3.8) is 0 Å². The Bertz CT molecular complexity index is 1160. The molecule has 30 heavy (non-hydrogen) atoms. The lowest BCUT2D eigenvalue weighted by molar-refractivity contribution is 0.102. The Morgan fingerprint density at radius 1 is 1.10 bits per heavy atom. The monoisotopic (exact) mass is 447 g/mol. The third kappa shape index (κ3) is 3.73. The number of hydrogen-bond donors (Lipinski definition) is 1. The maximum atomic E-state index is 12.6. The van der Waals surface area contributed by atoms with Gasteiger partial charge in [-0.1, -0.05) is 11.3 Å². The average Bonchev–Trinajstić information content (AvgIpc) is 3.51. The zero-order valence-corrected chi connectivity index (χ0v) is 18.3. The van der Waals surface area contributed by atoms with Gasteiger partial charge in [0.15, 0.2) is 5.13 Å². The molecular weight excluding hydrogens is 426 g/mol. The number of methoxy groups -OCH3 is 2. The van der Waals surface area contributed by atoms with E-state index in [1.165, 1.54) is 39.9 Å². The van der Waals surface area contributed by atoms with E-state index in [-0.39, 0.29) is 16.8 Å². The van der Waals surface area contributed by atoms with Crippen LogP contribution >= 0.6 is 11.3 Å². The quantitative estimate of drug-likeness (QED) is 0.597. The van der Waals surface area contributed by atoms with E-state index in [2.05, 4.69) is 10.3 Å². The number of amides is 1. The summed E-state index contributed by atoms with van der Waals surface area (Å²) < 4.78 is 38.0. The molecule has 2 aromatic carbocycles. The maximum absolute atomic E-state index is 12.6. The van der Waals surface area contributed by atoms with Crippen LogP contribution in [0.1, 0.15) is 23.2 Å². The Morgan fingerprint density at radius 2 is 1.73 bits per heavy atom. The second-order valence-corrected chi connectivity index (χ2v) is 9.89. The molecule has 158 valence electrons. The molecule has 1 aromatic heterocycles. The number of aromatic nitrogens is 1. The van der Waals surface area contributed by atoms with Crippen LogP contribution in [-0.4, -0.2) is 50.9 Å². The van der Waals surface area contributed by atoms with Crippen molar-refractivity contribution >= 4 is 42.6 Å². The number of carbonyl (C=O) groups excluding carboxylic acids is 1. The number of ether oxygens (including phenoxy) is 2. The minimum Gasteiger partial charge on any atom is -0.495 e. The van der Waals surface area contributed by atoms with Crippen LogP contribution in [0.15, 0.2) is 41.3 Å². The van der Waals surface area contributed by atoms with Crippen LogP contribution in [0.2, 0.25) is 0 Å². The summed E-state index contributed by atoms with van der Waals surface area (Å²) in [6.07, 6.45) is 1.77. The van der Waals surface area contributed by atoms with Crippen LogP contribution in [0.4, 0.5) is 5.13 Å². The van der Waals surface area contributed by atoms with Gasteiger partial charge in [0.25, 0.3) is 5.91 Å². The first-order chi connectivity index (χ1) is 14.3. The first-order valence-corrected chi connectivity index (χ1v) is 11.5. The molecule has 0 spiro atoms. The van der Waals surface area contributed by atoms with Crippen molar-refractivity contribution in [1.29, 1.82) is 0 Å². The molecule has 0 atom stereocenters. The van der Waals surface area contributed by atoms with Gasteiger partial charge in [0, 0.05) is 18.7 Å². The Balaban J connectivity index is 1.55. The Morgan fingerprint density at radius 3 is 2.33 bits per heavy atom. The molecule has 10 heteroatoms. The van der Waals surface area contributed by atoms with Gasteiger partial charge in [-0.25, -0.2) is 13.4 Å². The van der Waals surface area contributed by atoms with Gasteiger partial charge in [-0.05, 0) is 49.2 Å². The highest BCUT2D eigenvalue weighted by Crippen LogP contribution is 2.39. The van der Waals surface area contributed by atoms with Crippen molar-refractivity contribution in [2.45, 2.75) is 23.8 Å². The predicted molar refractivity (Wildman–Crippen MR) is 115 cm³/mol. The molecule has 0 bridgehead atoms. The van der Waals surface area contributed by atoms with Crippen LogP contribution < -0.4 is 14.8 Å². The molecule has 1 aliphatic carbocycles. The van der Waals surface area contributed by atoms with Crippen molar-refractivity contribution in [3.05, 3.63) is 42.0 Å². The summed E-state index contributed by atoms with van der Waals surface area (Å²) in [4.78, 5) is 17.3. The highest BCUT2D eigenvalue weighted by atomic mass is 32.2. The number of nitrogens with one attached hydrogen (secondary N) is 1. The number of thiazole rings is 1. The number of anilines is 1. The number of sulfonamides is 1. The van der Waals surface area contributed by atoms with E-state index >= 15 is 0 Å². The summed E-state index contributed by atoms with van der Waals surface area (Å²) in [7, 11) is 1.16. The van der Waals surface area contributed by atoms with Crippen molar-refractivity contribution in [2.24, 2.45) is 0 Å². The maximum Gasteiger partial charge on any atom is 0.257 e. The summed E-state index contributed by atoms with van der Waals surface area (Å²) in [6, 6.07) is 9.51. The van der Waals surface area contributed by atoms with Crippen molar-refractivity contribution in [3.8, 4) is 11.5 Å². The highest BCUT2D eigenvalue weighted by Gasteiger charge is 2.35. The normalized spacial score (nSPS) is 14.1. The number of rotatable bonds is 7. The molecule has 4 rings (SSSR count). The fourth-order valence-corrected chi connectivity index (χ4v) is 5.47. The van der Waals surface area contributed by atoms with Gasteiger partial charge in [0.1, 0.15) is 21.7 Å². The highest BCUT2D eigenvalue weighted by molar-refractivity contribution is 7.89. The van der Waals surface area contributed by atoms with Gasteiger partial charge in [-0.3, -0.25) is 10.1 Å². The lowest BCUT2D eigenvalue weighted by Gasteiger charge is -2.16. The number of fused-ring (bicyclic) bond motifs is 1. The summed E-state index contributed by atoms with van der Waals surface area (Å²) in [5.74, 6) is 0.835. The molecule has 0 aliphatic heterocycles. The lowest BCUT2D eigenvalue weighted by atomic mass is 10.2. The van der Waals surface area contributed by atoms with E-state index in [0.29, 0.717) is 27.7 Å². The van der Waals surface area contributed by atoms with Gasteiger partial charge >= 0.3 is 0 Å². The average molecular weight is 448 g/mol. The van der Waals surface area contributed by atoms with Crippen LogP contribution in [0.5, 0.6) is 11.5 Å². The molecule has 1 fully saturated rings. The van der Waals surface area contributed by atoms with Crippen LogP contribution in [0.3, 0.4) is 0 Å². The molecule has 1 saturated carbocycles. The molecule has 1 N–H and O–H groups in total. The molecule has 0 unspecified atom stereocenters. The summed E-state index contributed by atoms with van der Waals surface area (Å²) in [6.45, 7) is 0. The van der Waals surface area contributed by atoms with Crippen molar-refractivity contribution < 1.29 is 22.7 Å². The smallest absolute Gasteiger partial charge is 0.257 e. The topological polar surface area (TPSA) is 97.8 Å². The van der Waals surface area contributed by atoms with E-state index in [9.17, 15) is 13.2 Å². The first-order valence-electron chi connectivity index (χ1n) is 9.26. The zero-order valence-electron chi connectivity index (χ0n) is 16.7. The number of carbonyl (C=O) groups is 1. The van der Waals surface area contributed by atoms with Crippen LogP contribution in [0, 0.1) is 0 Å². The molecule has 1 heterocycles. The zero-order chi connectivity index (χ0) is 21.5. The number of hydrogen-bond acceptors (Lipinski definition) is 7. The van der Waals surface area contributed by atoms with Gasteiger partial charge in [-0.15, -0.1) is 0 Å².